The molecule has 0 fully saturated rings. The number of hydrogen-bond donors (Lipinski definition) is 0. The highest BCUT2D eigenvalue weighted by molar-refractivity contribution is 6.35. The summed E-state index contributed by atoms with van der Waals surface area (Å²) < 4.78 is 15.3. The average Bonchev–Trinajstić information content (AvgIpc) is 2.81. The van der Waals surface area contributed by atoms with E-state index in [1.54, 1.807) is 16.7 Å². The van der Waals surface area contributed by atoms with Crippen LogP contribution in [-0.4, -0.2) is 9.55 Å². The lowest BCUT2D eigenvalue weighted by atomic mass is 10.2. The molecule has 0 bridgehead atoms. The number of benzene rings is 2. The molecule has 3 rings (SSSR count). The zero-order valence-electron chi connectivity index (χ0n) is 10.4. The topological polar surface area (TPSA) is 17.8 Å². The van der Waals surface area contributed by atoms with E-state index in [2.05, 4.69) is 4.98 Å². The van der Waals surface area contributed by atoms with Gasteiger partial charge in [0.05, 0.1) is 32.6 Å². The molecule has 7 heteroatoms. The van der Waals surface area contributed by atoms with Gasteiger partial charge < -0.3 is 0 Å². The predicted molar refractivity (Wildman–Crippen MR) is 85.6 cm³/mol. The Kier molecular flexibility index (Phi) is 4.02. The Hall–Kier alpha value is -1.00. The van der Waals surface area contributed by atoms with Crippen molar-refractivity contribution in [2.24, 2.45) is 0 Å². The van der Waals surface area contributed by atoms with Gasteiger partial charge in [-0.25, -0.2) is 9.37 Å². The van der Waals surface area contributed by atoms with Gasteiger partial charge in [-0.05, 0) is 30.3 Å². The summed E-state index contributed by atoms with van der Waals surface area (Å²) in [5.74, 6) is 0.119. The van der Waals surface area contributed by atoms with E-state index in [9.17, 15) is 4.39 Å². The average molecular weight is 364 g/mol. The summed E-state index contributed by atoms with van der Waals surface area (Å²) in [6.45, 7) is 0. The molecule has 0 aliphatic rings. The number of alkyl halides is 1. The van der Waals surface area contributed by atoms with Crippen LogP contribution < -0.4 is 0 Å². The maximum absolute atomic E-state index is 13.6. The summed E-state index contributed by atoms with van der Waals surface area (Å²) in [4.78, 5) is 4.42. The Morgan fingerprint density at radius 2 is 1.71 bits per heavy atom. The Morgan fingerprint density at radius 3 is 2.33 bits per heavy atom. The quantitative estimate of drug-likeness (QED) is 0.411. The van der Waals surface area contributed by atoms with Crippen LogP contribution in [0, 0.1) is 5.82 Å². The second kappa shape index (κ2) is 5.65. The maximum Gasteiger partial charge on any atom is 0.160 e. The van der Waals surface area contributed by atoms with Gasteiger partial charge >= 0.3 is 0 Å². The summed E-state index contributed by atoms with van der Waals surface area (Å²) in [5, 5.41) is 0.450. The lowest BCUT2D eigenvalue weighted by molar-refractivity contribution is 0.628. The van der Waals surface area contributed by atoms with Crippen LogP contribution in [0.3, 0.4) is 0 Å². The minimum Gasteiger partial charge on any atom is -0.295 e. The van der Waals surface area contributed by atoms with Crippen LogP contribution in [0.1, 0.15) is 5.82 Å². The third-order valence-corrected chi connectivity index (χ3v) is 4.06. The second-order valence-electron chi connectivity index (χ2n) is 4.35. The normalized spacial score (nSPS) is 11.3. The van der Waals surface area contributed by atoms with Gasteiger partial charge in [0.2, 0.25) is 0 Å². The number of halogens is 5. The molecule has 108 valence electrons. The third kappa shape index (κ3) is 2.59. The molecule has 0 radical (unpaired) electrons. The van der Waals surface area contributed by atoms with Gasteiger partial charge in [0.25, 0.3) is 0 Å². The molecule has 0 saturated carbocycles. The van der Waals surface area contributed by atoms with Gasteiger partial charge in [0, 0.05) is 5.02 Å². The standard InChI is InChI=1S/C14H7Cl4FN2/c15-6-13-20-11-3-7(16)1-2-12(11)21(13)8-4-9(17)14(19)10(18)5-8/h1-5H,6H2. The van der Waals surface area contributed by atoms with Crippen LogP contribution in [0.15, 0.2) is 30.3 Å². The van der Waals surface area contributed by atoms with Crippen LogP contribution in [0.25, 0.3) is 16.7 Å². The Morgan fingerprint density at radius 1 is 1.05 bits per heavy atom. The first-order chi connectivity index (χ1) is 10.0. The SMILES string of the molecule is Fc1c(Cl)cc(-n2c(CCl)nc3cc(Cl)ccc32)cc1Cl. The zero-order valence-corrected chi connectivity index (χ0v) is 13.4. The molecule has 2 aromatic carbocycles. The van der Waals surface area contributed by atoms with Crippen LogP contribution >= 0.6 is 46.4 Å². The van der Waals surface area contributed by atoms with Crippen molar-refractivity contribution < 1.29 is 4.39 Å². The molecule has 0 aliphatic carbocycles. The molecule has 0 atom stereocenters. The Balaban J connectivity index is 2.33. The zero-order chi connectivity index (χ0) is 15.1. The summed E-state index contributed by atoms with van der Waals surface area (Å²) in [6, 6.07) is 8.25. The number of nitrogens with zero attached hydrogens (tertiary/aromatic N) is 2. The number of rotatable bonds is 2. The first-order valence-corrected chi connectivity index (χ1v) is 7.56. The van der Waals surface area contributed by atoms with Crippen LogP contribution in [-0.2, 0) is 5.88 Å². The number of aromatic nitrogens is 2. The first kappa shape index (κ1) is 14.9. The molecule has 1 heterocycles. The molecular weight excluding hydrogens is 357 g/mol. The highest BCUT2D eigenvalue weighted by atomic mass is 35.5. The Labute approximate surface area is 140 Å². The highest BCUT2D eigenvalue weighted by Gasteiger charge is 2.15. The fraction of sp³-hybridized carbons (Fsp3) is 0.0714. The smallest absolute Gasteiger partial charge is 0.160 e. The van der Waals surface area contributed by atoms with Crippen LogP contribution in [0.5, 0.6) is 0 Å². The van der Waals surface area contributed by atoms with E-state index in [0.29, 0.717) is 22.1 Å². The van der Waals surface area contributed by atoms with Crippen molar-refractivity contribution >= 4 is 57.4 Å². The number of hydrogen-bond acceptors (Lipinski definition) is 1. The van der Waals surface area contributed by atoms with Crippen molar-refractivity contribution in [3.8, 4) is 5.69 Å². The largest absolute Gasteiger partial charge is 0.295 e. The summed E-state index contributed by atoms with van der Waals surface area (Å²) in [6.07, 6.45) is 0. The van der Waals surface area contributed by atoms with E-state index < -0.39 is 5.82 Å². The monoisotopic (exact) mass is 362 g/mol. The molecule has 21 heavy (non-hydrogen) atoms. The van der Waals surface area contributed by atoms with Gasteiger partial charge in [-0.2, -0.15) is 0 Å². The predicted octanol–water partition coefficient (Wildman–Crippen LogP) is 5.86. The van der Waals surface area contributed by atoms with Crippen molar-refractivity contribution in [1.29, 1.82) is 0 Å². The molecule has 0 spiro atoms. The molecule has 2 nitrogen and oxygen atoms in total. The Bertz CT molecular complexity index is 821. The van der Waals surface area contributed by atoms with Crippen LogP contribution in [0.2, 0.25) is 15.1 Å². The van der Waals surface area contributed by atoms with Gasteiger partial charge in [0.15, 0.2) is 5.82 Å². The van der Waals surface area contributed by atoms with Gasteiger partial charge in [0.1, 0.15) is 5.82 Å². The van der Waals surface area contributed by atoms with Crippen molar-refractivity contribution in [2.75, 3.05) is 0 Å². The van der Waals surface area contributed by atoms with E-state index in [0.717, 1.165) is 5.52 Å². The first-order valence-electron chi connectivity index (χ1n) is 5.89. The molecule has 1 aromatic heterocycles. The van der Waals surface area contributed by atoms with E-state index >= 15 is 0 Å². The molecule has 3 aromatic rings. The van der Waals surface area contributed by atoms with Gasteiger partial charge in [-0.3, -0.25) is 4.57 Å². The molecule has 0 saturated heterocycles. The van der Waals surface area contributed by atoms with Gasteiger partial charge in [-0.1, -0.05) is 34.8 Å². The number of fused-ring (bicyclic) bond motifs is 1. The van der Waals surface area contributed by atoms with Gasteiger partial charge in [-0.15, -0.1) is 11.6 Å². The molecular formula is C14H7Cl4FN2. The van der Waals surface area contributed by atoms with E-state index in [-0.39, 0.29) is 15.9 Å². The van der Waals surface area contributed by atoms with E-state index in [1.165, 1.54) is 12.1 Å². The fourth-order valence-corrected chi connectivity index (χ4v) is 2.97. The third-order valence-electron chi connectivity index (χ3n) is 3.03. The van der Waals surface area contributed by atoms with Crippen LogP contribution in [0.4, 0.5) is 4.39 Å². The van der Waals surface area contributed by atoms with E-state index in [1.807, 2.05) is 6.07 Å². The second-order valence-corrected chi connectivity index (χ2v) is 5.87. The van der Waals surface area contributed by atoms with Crippen molar-refractivity contribution in [2.45, 2.75) is 5.88 Å². The summed E-state index contributed by atoms with van der Waals surface area (Å²) >= 11 is 23.6. The fourth-order valence-electron chi connectivity index (χ4n) is 2.15. The molecule has 0 aliphatic heterocycles. The molecule has 0 unspecified atom stereocenters. The summed E-state index contributed by atoms with van der Waals surface area (Å²) in [7, 11) is 0. The summed E-state index contributed by atoms with van der Waals surface area (Å²) in [5.41, 5.74) is 2.07. The highest BCUT2D eigenvalue weighted by Crippen LogP contribution is 2.30. The lowest BCUT2D eigenvalue weighted by Gasteiger charge is -2.10. The minimum atomic E-state index is -0.651. The van der Waals surface area contributed by atoms with Crippen molar-refractivity contribution in [3.05, 3.63) is 57.0 Å². The minimum absolute atomic E-state index is 0.0613. The molecule has 0 amide bonds. The lowest BCUT2D eigenvalue weighted by Crippen LogP contribution is -2.00. The number of imidazole rings is 1. The van der Waals surface area contributed by atoms with E-state index in [4.69, 9.17) is 46.4 Å². The molecule has 0 N–H and O–H groups in total. The van der Waals surface area contributed by atoms with Crippen molar-refractivity contribution in [1.82, 2.24) is 9.55 Å². The van der Waals surface area contributed by atoms with Crippen molar-refractivity contribution in [3.63, 3.8) is 0 Å². The maximum atomic E-state index is 13.6.